The van der Waals surface area contributed by atoms with Gasteiger partial charge >= 0.3 is 0 Å². The van der Waals surface area contributed by atoms with Crippen molar-refractivity contribution in [1.82, 2.24) is 9.78 Å². The van der Waals surface area contributed by atoms with Crippen LogP contribution in [0.25, 0.3) is 0 Å². The lowest BCUT2D eigenvalue weighted by Crippen LogP contribution is -1.97. The Morgan fingerprint density at radius 2 is 2.00 bits per heavy atom. The molecule has 1 heterocycles. The second-order valence-electron chi connectivity index (χ2n) is 3.35. The summed E-state index contributed by atoms with van der Waals surface area (Å²) in [5.74, 6) is 0. The molecular weight excluding hydrogens is 160 g/mol. The van der Waals surface area contributed by atoms with Crippen molar-refractivity contribution in [3.8, 4) is 0 Å². The molecule has 13 heavy (non-hydrogen) atoms. The Morgan fingerprint density at radius 1 is 1.46 bits per heavy atom. The molecule has 2 nitrogen and oxygen atoms in total. The third-order valence-electron chi connectivity index (χ3n) is 1.94. The normalized spacial score (nSPS) is 14.3. The molecule has 1 aromatic heterocycles. The van der Waals surface area contributed by atoms with Crippen molar-refractivity contribution < 1.29 is 0 Å². The van der Waals surface area contributed by atoms with Crippen molar-refractivity contribution >= 4 is 0 Å². The summed E-state index contributed by atoms with van der Waals surface area (Å²) in [5.41, 5.74) is 4.70. The van der Waals surface area contributed by atoms with Gasteiger partial charge in [-0.05, 0) is 32.8 Å². The van der Waals surface area contributed by atoms with Crippen LogP contribution in [0, 0.1) is 13.8 Å². The average molecular weight is 176 g/mol. The minimum absolute atomic E-state index is 0.730. The molecule has 0 aliphatic heterocycles. The predicted octanol–water partition coefficient (Wildman–Crippen LogP) is 2.79. The van der Waals surface area contributed by atoms with Gasteiger partial charge in [0.15, 0.2) is 0 Å². The number of hydrogen-bond donors (Lipinski definition) is 0. The van der Waals surface area contributed by atoms with Gasteiger partial charge in [0.1, 0.15) is 0 Å². The van der Waals surface area contributed by atoms with Gasteiger partial charge in [-0.25, -0.2) is 0 Å². The van der Waals surface area contributed by atoms with E-state index in [0.29, 0.717) is 0 Å². The topological polar surface area (TPSA) is 17.8 Å². The Kier molecular flexibility index (Phi) is 3.10. The molecule has 1 aliphatic rings. The van der Waals surface area contributed by atoms with E-state index in [1.165, 1.54) is 18.5 Å². The molecule has 1 aromatic rings. The highest BCUT2D eigenvalue weighted by Crippen LogP contribution is 2.35. The summed E-state index contributed by atoms with van der Waals surface area (Å²) in [6.07, 6.45) is 2.64. The Labute approximate surface area is 79.6 Å². The second kappa shape index (κ2) is 4.11. The molecule has 0 N–H and O–H groups in total. The van der Waals surface area contributed by atoms with Gasteiger partial charge in [-0.3, -0.25) is 4.68 Å². The highest BCUT2D eigenvalue weighted by molar-refractivity contribution is 5.09. The van der Waals surface area contributed by atoms with Crippen molar-refractivity contribution in [3.63, 3.8) is 0 Å². The van der Waals surface area contributed by atoms with Gasteiger partial charge < -0.3 is 0 Å². The number of rotatable bonds is 1. The van der Waals surface area contributed by atoms with Gasteiger partial charge in [-0.1, -0.05) is 13.2 Å². The number of aromatic nitrogens is 2. The van der Waals surface area contributed by atoms with E-state index in [1.807, 2.05) is 6.92 Å². The van der Waals surface area contributed by atoms with Crippen molar-refractivity contribution in [2.24, 2.45) is 0 Å². The number of hydrogen-bond acceptors (Lipinski definition) is 1. The fourth-order valence-corrected chi connectivity index (χ4v) is 1.33. The van der Waals surface area contributed by atoms with Crippen molar-refractivity contribution in [2.75, 3.05) is 0 Å². The first-order chi connectivity index (χ1) is 6.19. The van der Waals surface area contributed by atoms with Crippen LogP contribution in [0.3, 0.4) is 0 Å². The molecule has 2 rings (SSSR count). The fourth-order valence-electron chi connectivity index (χ4n) is 1.33. The van der Waals surface area contributed by atoms with Crippen LogP contribution in [0.1, 0.15) is 30.3 Å². The van der Waals surface area contributed by atoms with E-state index >= 15 is 0 Å². The molecule has 0 radical (unpaired) electrons. The highest BCUT2D eigenvalue weighted by atomic mass is 15.3. The van der Waals surface area contributed by atoms with E-state index < -0.39 is 0 Å². The number of aryl methyl sites for hydroxylation is 2. The zero-order valence-corrected chi connectivity index (χ0v) is 8.38. The van der Waals surface area contributed by atoms with Gasteiger partial charge in [-0.15, -0.1) is 5.73 Å². The van der Waals surface area contributed by atoms with Crippen molar-refractivity contribution in [1.29, 1.82) is 0 Å². The second-order valence-corrected chi connectivity index (χ2v) is 3.35. The monoisotopic (exact) mass is 176 g/mol. The SMILES string of the molecule is C=C=C.Cc1cc(C)n(C2CC2)n1. The molecule has 70 valence electrons. The fraction of sp³-hybridized carbons (Fsp3) is 0.455. The lowest BCUT2D eigenvalue weighted by molar-refractivity contribution is 0.617. The quantitative estimate of drug-likeness (QED) is 0.602. The molecule has 1 fully saturated rings. The minimum atomic E-state index is 0.730. The van der Waals surface area contributed by atoms with E-state index in [1.54, 1.807) is 0 Å². The van der Waals surface area contributed by atoms with Crippen LogP contribution in [0.5, 0.6) is 0 Å². The summed E-state index contributed by atoms with van der Waals surface area (Å²) in [5, 5.41) is 4.39. The van der Waals surface area contributed by atoms with E-state index in [9.17, 15) is 0 Å². The zero-order chi connectivity index (χ0) is 9.84. The molecule has 1 saturated carbocycles. The van der Waals surface area contributed by atoms with Crippen LogP contribution in [0.15, 0.2) is 25.0 Å². The third kappa shape index (κ3) is 2.60. The summed E-state index contributed by atoms with van der Waals surface area (Å²) < 4.78 is 2.15. The molecule has 0 atom stereocenters. The maximum Gasteiger partial charge on any atom is 0.0596 e. The first-order valence-corrected chi connectivity index (χ1v) is 4.51. The third-order valence-corrected chi connectivity index (χ3v) is 1.94. The van der Waals surface area contributed by atoms with Crippen LogP contribution in [0.2, 0.25) is 0 Å². The molecule has 0 bridgehead atoms. The van der Waals surface area contributed by atoms with Gasteiger partial charge in [0.25, 0.3) is 0 Å². The average Bonchev–Trinajstić information content (AvgIpc) is 2.80. The lowest BCUT2D eigenvalue weighted by atomic mass is 10.4. The summed E-state index contributed by atoms with van der Waals surface area (Å²) in [6, 6.07) is 2.87. The minimum Gasteiger partial charge on any atom is -0.267 e. The van der Waals surface area contributed by atoms with E-state index in [2.05, 4.69) is 41.7 Å². The summed E-state index contributed by atoms with van der Waals surface area (Å²) in [4.78, 5) is 0. The Bertz CT molecular complexity index is 313. The Balaban J connectivity index is 0.000000251. The first-order valence-electron chi connectivity index (χ1n) is 4.51. The molecule has 0 saturated heterocycles. The largest absolute Gasteiger partial charge is 0.267 e. The van der Waals surface area contributed by atoms with Gasteiger partial charge in [0, 0.05) is 5.69 Å². The maximum atomic E-state index is 4.39. The van der Waals surface area contributed by atoms with Crippen LogP contribution in [-0.2, 0) is 0 Å². The van der Waals surface area contributed by atoms with Crippen molar-refractivity contribution in [2.45, 2.75) is 32.7 Å². The molecular formula is C11H16N2. The van der Waals surface area contributed by atoms with Crippen LogP contribution in [0.4, 0.5) is 0 Å². The van der Waals surface area contributed by atoms with Gasteiger partial charge in [0.05, 0.1) is 11.7 Å². The van der Waals surface area contributed by atoms with Crippen LogP contribution >= 0.6 is 0 Å². The van der Waals surface area contributed by atoms with Crippen LogP contribution < -0.4 is 0 Å². The number of nitrogens with zero attached hydrogens (tertiary/aromatic N) is 2. The van der Waals surface area contributed by atoms with Gasteiger partial charge in [-0.2, -0.15) is 5.10 Å². The summed E-state index contributed by atoms with van der Waals surface area (Å²) in [7, 11) is 0. The Morgan fingerprint density at radius 3 is 2.31 bits per heavy atom. The summed E-state index contributed by atoms with van der Waals surface area (Å²) >= 11 is 0. The maximum absolute atomic E-state index is 4.39. The molecule has 2 heteroatoms. The molecule has 0 aromatic carbocycles. The molecule has 0 spiro atoms. The lowest BCUT2D eigenvalue weighted by Gasteiger charge is -1.98. The molecule has 1 aliphatic carbocycles. The highest BCUT2D eigenvalue weighted by Gasteiger charge is 2.25. The Hall–Kier alpha value is -1.27. The standard InChI is InChI=1S/C8H12N2.C3H4/c1-6-5-7(2)10(9-6)8-3-4-8;1-3-2/h5,8H,3-4H2,1-2H3;1-2H2. The predicted molar refractivity (Wildman–Crippen MR) is 54.7 cm³/mol. The van der Waals surface area contributed by atoms with Gasteiger partial charge in [0.2, 0.25) is 0 Å². The van der Waals surface area contributed by atoms with E-state index in [0.717, 1.165) is 11.7 Å². The van der Waals surface area contributed by atoms with E-state index in [4.69, 9.17) is 0 Å². The summed E-state index contributed by atoms with van der Waals surface area (Å²) in [6.45, 7) is 10.4. The smallest absolute Gasteiger partial charge is 0.0596 e. The molecule has 0 amide bonds. The first kappa shape index (κ1) is 9.82. The van der Waals surface area contributed by atoms with Crippen LogP contribution in [-0.4, -0.2) is 9.78 Å². The van der Waals surface area contributed by atoms with Crippen molar-refractivity contribution in [3.05, 3.63) is 36.3 Å². The van der Waals surface area contributed by atoms with E-state index in [-0.39, 0.29) is 0 Å². The molecule has 0 unspecified atom stereocenters. The zero-order valence-electron chi connectivity index (χ0n) is 8.38.